The number of phenolic OH excluding ortho intramolecular Hbond substituents is 1. The molecule has 4 rings (SSSR count). The van der Waals surface area contributed by atoms with Crippen LogP contribution in [-0.2, 0) is 6.42 Å². The van der Waals surface area contributed by atoms with Crippen LogP contribution >= 0.6 is 0 Å². The van der Waals surface area contributed by atoms with Gasteiger partial charge in [0.15, 0.2) is 0 Å². The molecule has 1 saturated heterocycles. The highest BCUT2D eigenvalue weighted by molar-refractivity contribution is 5.45. The molecule has 0 aromatic heterocycles. The van der Waals surface area contributed by atoms with Gasteiger partial charge in [0.1, 0.15) is 29.2 Å². The van der Waals surface area contributed by atoms with Gasteiger partial charge < -0.3 is 9.84 Å². The first kappa shape index (κ1) is 23.8. The van der Waals surface area contributed by atoms with Crippen molar-refractivity contribution in [1.29, 1.82) is 0 Å². The highest BCUT2D eigenvalue weighted by Crippen LogP contribution is 2.41. The number of hydrogen-bond acceptors (Lipinski definition) is 4. The molecule has 33 heavy (non-hydrogen) atoms. The summed E-state index contributed by atoms with van der Waals surface area (Å²) in [7, 11) is 0. The zero-order valence-corrected chi connectivity index (χ0v) is 18.3. The third-order valence-corrected chi connectivity index (χ3v) is 6.10. The second-order valence-electron chi connectivity index (χ2n) is 8.92. The van der Waals surface area contributed by atoms with E-state index >= 15 is 8.78 Å². The largest absolute Gasteiger partial charge is 0.508 e. The van der Waals surface area contributed by atoms with Gasteiger partial charge in [0.2, 0.25) is 0 Å². The minimum Gasteiger partial charge on any atom is -0.508 e. The molecule has 2 aliphatic rings. The zero-order chi connectivity index (χ0) is 23.8. The number of fused-ring (bicyclic) bond motifs is 1. The normalized spacial score (nSPS) is 19.9. The first-order valence-electron chi connectivity index (χ1n) is 11.0. The number of aromatic hydroxyl groups is 1. The lowest BCUT2D eigenvalue weighted by atomic mass is 9.87. The number of nitrogens with zero attached hydrogens (tertiary/aromatic N) is 2. The molecule has 0 amide bonds. The summed E-state index contributed by atoms with van der Waals surface area (Å²) < 4.78 is 76.2. The van der Waals surface area contributed by atoms with Crippen molar-refractivity contribution >= 4 is 0 Å². The van der Waals surface area contributed by atoms with Gasteiger partial charge in [-0.3, -0.25) is 14.2 Å². The van der Waals surface area contributed by atoms with Crippen LogP contribution in [0.1, 0.15) is 36.1 Å². The average Bonchev–Trinajstić information content (AvgIpc) is 2.69. The Kier molecular flexibility index (Phi) is 6.81. The van der Waals surface area contributed by atoms with E-state index in [4.69, 9.17) is 4.74 Å². The van der Waals surface area contributed by atoms with E-state index < -0.39 is 36.8 Å². The summed E-state index contributed by atoms with van der Waals surface area (Å²) in [6, 6.07) is 5.52. The number of phenols is 1. The number of likely N-dealkylation sites (tertiary alicyclic amines) is 1. The molecule has 0 aliphatic carbocycles. The van der Waals surface area contributed by atoms with Gasteiger partial charge in [-0.2, -0.15) is 0 Å². The Morgan fingerprint density at radius 3 is 2.45 bits per heavy atom. The van der Waals surface area contributed by atoms with Crippen molar-refractivity contribution in [2.24, 2.45) is 0 Å². The molecule has 1 atom stereocenters. The lowest BCUT2D eigenvalue weighted by Crippen LogP contribution is -2.53. The van der Waals surface area contributed by atoms with E-state index in [0.717, 1.165) is 19.1 Å². The Morgan fingerprint density at radius 2 is 1.82 bits per heavy atom. The Balaban J connectivity index is 1.60. The van der Waals surface area contributed by atoms with Gasteiger partial charge in [0, 0.05) is 50.8 Å². The molecule has 0 bridgehead atoms. The smallest absolute Gasteiger partial charge is 0.257 e. The van der Waals surface area contributed by atoms with Crippen molar-refractivity contribution in [2.75, 3.05) is 39.4 Å². The summed E-state index contributed by atoms with van der Waals surface area (Å²) in [5.74, 6) is -4.78. The van der Waals surface area contributed by atoms with Gasteiger partial charge in [0.05, 0.1) is 19.3 Å². The molecule has 180 valence electrons. The maximum atomic E-state index is 15.3. The molecule has 2 aromatic carbocycles. The van der Waals surface area contributed by atoms with Crippen LogP contribution in [0.2, 0.25) is 0 Å². The number of alkyl halides is 3. The number of halogens is 5. The maximum Gasteiger partial charge on any atom is 0.257 e. The van der Waals surface area contributed by atoms with Gasteiger partial charge in [-0.1, -0.05) is 6.07 Å². The third kappa shape index (κ3) is 5.41. The second-order valence-corrected chi connectivity index (χ2v) is 8.92. The molecular weight excluding hydrogens is 443 g/mol. The fourth-order valence-electron chi connectivity index (χ4n) is 4.68. The van der Waals surface area contributed by atoms with Crippen LogP contribution in [-0.4, -0.2) is 66.3 Å². The number of benzene rings is 2. The third-order valence-electron chi connectivity index (χ3n) is 6.10. The monoisotopic (exact) mass is 470 g/mol. The highest BCUT2D eigenvalue weighted by atomic mass is 19.3. The van der Waals surface area contributed by atoms with Crippen molar-refractivity contribution in [1.82, 2.24) is 9.80 Å². The molecule has 0 radical (unpaired) electrons. The fourth-order valence-corrected chi connectivity index (χ4v) is 4.68. The van der Waals surface area contributed by atoms with E-state index in [2.05, 4.69) is 0 Å². The van der Waals surface area contributed by atoms with Crippen LogP contribution in [0.3, 0.4) is 0 Å². The molecule has 0 unspecified atom stereocenters. The van der Waals surface area contributed by atoms with E-state index in [0.29, 0.717) is 43.6 Å². The molecule has 2 aliphatic heterocycles. The summed E-state index contributed by atoms with van der Waals surface area (Å²) in [4.78, 5) is 3.36. The minimum atomic E-state index is -3.05. The first-order chi connectivity index (χ1) is 15.6. The van der Waals surface area contributed by atoms with Crippen molar-refractivity contribution < 1.29 is 31.8 Å². The number of hydrogen-bond donors (Lipinski definition) is 1. The standard InChI is InChI=1S/C24H27F5N2O2/c1-24(28,29)14-31-8-5-15-9-16(32)3-4-19(15)23(31)22-20(26)10-17(11-21(22)27)33-18-12-30(13-18)7-2-6-25/h3-4,9-11,18,23,32H,2,5-8,12-14H2,1H3/t23-/m0/s1. The van der Waals surface area contributed by atoms with E-state index in [9.17, 15) is 18.3 Å². The Bertz CT molecular complexity index is 968. The predicted molar refractivity (Wildman–Crippen MR) is 114 cm³/mol. The Morgan fingerprint density at radius 1 is 1.12 bits per heavy atom. The van der Waals surface area contributed by atoms with Crippen LogP contribution in [0.5, 0.6) is 11.5 Å². The molecular formula is C24H27F5N2O2. The van der Waals surface area contributed by atoms with Gasteiger partial charge in [-0.25, -0.2) is 17.6 Å². The van der Waals surface area contributed by atoms with Gasteiger partial charge >= 0.3 is 0 Å². The summed E-state index contributed by atoms with van der Waals surface area (Å²) in [6.45, 7) is 1.57. The molecule has 4 nitrogen and oxygen atoms in total. The van der Waals surface area contributed by atoms with Crippen LogP contribution in [0.4, 0.5) is 22.0 Å². The number of ether oxygens (including phenoxy) is 1. The second kappa shape index (κ2) is 9.46. The summed E-state index contributed by atoms with van der Waals surface area (Å²) in [6.07, 6.45) is 0.558. The Hall–Kier alpha value is -2.39. The van der Waals surface area contributed by atoms with E-state index in [1.165, 1.54) is 23.1 Å². The minimum absolute atomic E-state index is 0.00696. The van der Waals surface area contributed by atoms with Crippen molar-refractivity contribution in [3.63, 3.8) is 0 Å². The van der Waals surface area contributed by atoms with Crippen molar-refractivity contribution in [3.8, 4) is 11.5 Å². The maximum absolute atomic E-state index is 15.3. The molecule has 9 heteroatoms. The molecule has 0 spiro atoms. The fraction of sp³-hybridized carbons (Fsp3) is 0.500. The Labute approximate surface area is 189 Å². The van der Waals surface area contributed by atoms with Crippen LogP contribution in [0.25, 0.3) is 0 Å². The molecule has 1 N–H and O–H groups in total. The lowest BCUT2D eigenvalue weighted by molar-refractivity contribution is -0.0246. The zero-order valence-electron chi connectivity index (χ0n) is 18.3. The molecule has 0 saturated carbocycles. The van der Waals surface area contributed by atoms with Gasteiger partial charge in [-0.05, 0) is 36.1 Å². The van der Waals surface area contributed by atoms with Crippen LogP contribution < -0.4 is 4.74 Å². The lowest BCUT2D eigenvalue weighted by Gasteiger charge is -2.40. The van der Waals surface area contributed by atoms with Gasteiger partial charge in [0.25, 0.3) is 5.92 Å². The van der Waals surface area contributed by atoms with E-state index in [-0.39, 0.29) is 29.7 Å². The average molecular weight is 470 g/mol. The number of rotatable bonds is 8. The first-order valence-corrected chi connectivity index (χ1v) is 11.0. The predicted octanol–water partition coefficient (Wildman–Crippen LogP) is 4.70. The van der Waals surface area contributed by atoms with Crippen molar-refractivity contribution in [2.45, 2.75) is 37.8 Å². The molecule has 2 heterocycles. The molecule has 2 aromatic rings. The van der Waals surface area contributed by atoms with Crippen LogP contribution in [0.15, 0.2) is 30.3 Å². The van der Waals surface area contributed by atoms with Crippen molar-refractivity contribution in [3.05, 3.63) is 58.7 Å². The SMILES string of the molecule is CC(F)(F)CN1CCc2cc(O)ccc2[C@H]1c1c(F)cc(OC2CN(CCCF)C2)cc1F. The van der Waals surface area contributed by atoms with E-state index in [1.807, 2.05) is 4.90 Å². The summed E-state index contributed by atoms with van der Waals surface area (Å²) in [5, 5.41) is 9.80. The summed E-state index contributed by atoms with van der Waals surface area (Å²) >= 11 is 0. The molecule has 1 fully saturated rings. The quantitative estimate of drug-likeness (QED) is 0.568. The summed E-state index contributed by atoms with van der Waals surface area (Å²) in [5.41, 5.74) is 0.825. The van der Waals surface area contributed by atoms with Gasteiger partial charge in [-0.15, -0.1) is 0 Å². The highest BCUT2D eigenvalue weighted by Gasteiger charge is 2.38. The topological polar surface area (TPSA) is 35.9 Å². The van der Waals surface area contributed by atoms with Crippen LogP contribution in [0, 0.1) is 11.6 Å². The van der Waals surface area contributed by atoms with E-state index in [1.54, 1.807) is 0 Å².